The molecule has 0 fully saturated rings. The first kappa shape index (κ1) is 19.7. The normalized spacial score (nSPS) is 17.0. The van der Waals surface area contributed by atoms with Gasteiger partial charge in [-0.25, -0.2) is 5.01 Å². The molecule has 148 valence electrons. The monoisotopic (exact) mass is 392 g/mol. The molecule has 0 aliphatic carbocycles. The van der Waals surface area contributed by atoms with E-state index in [1.165, 1.54) is 20.1 Å². The van der Waals surface area contributed by atoms with Crippen molar-refractivity contribution in [1.29, 1.82) is 0 Å². The number of hydrogen-bond donors (Lipinski definition) is 1. The first-order chi connectivity index (χ1) is 13.2. The number of halogens is 3. The maximum Gasteiger partial charge on any atom is 0.416 e. The van der Waals surface area contributed by atoms with E-state index in [2.05, 4.69) is 5.43 Å². The Hall–Kier alpha value is -3.03. The zero-order valence-electron chi connectivity index (χ0n) is 15.3. The molecule has 1 atom stereocenters. The summed E-state index contributed by atoms with van der Waals surface area (Å²) in [6, 6.07) is 10.2. The fraction of sp³-hybridized carbons (Fsp3) is 0.300. The number of ether oxygens (including phenoxy) is 1. The highest BCUT2D eigenvalue weighted by Crippen LogP contribution is 2.38. The standard InChI is InChI=1S/C20H19F3N2O3/c1-12(26)24-25-18-8-5-16(20(21,22)23)10-15(18)9-14(11-19(25)27)13-3-6-17(28-2)7-4-13/h3-8,10,14H,9,11H2,1-2H3,(H,24,26). The van der Waals surface area contributed by atoms with E-state index >= 15 is 0 Å². The average molecular weight is 392 g/mol. The van der Waals surface area contributed by atoms with E-state index in [4.69, 9.17) is 4.74 Å². The smallest absolute Gasteiger partial charge is 0.416 e. The number of rotatable bonds is 3. The minimum atomic E-state index is -4.50. The van der Waals surface area contributed by atoms with Gasteiger partial charge in [0.15, 0.2) is 0 Å². The maximum atomic E-state index is 13.2. The van der Waals surface area contributed by atoms with Crippen LogP contribution in [0.2, 0.25) is 0 Å². The summed E-state index contributed by atoms with van der Waals surface area (Å²) in [5.74, 6) is -0.570. The molecule has 8 heteroatoms. The van der Waals surface area contributed by atoms with Crippen molar-refractivity contribution in [2.45, 2.75) is 31.9 Å². The Bertz CT molecular complexity index is 895. The quantitative estimate of drug-likeness (QED) is 0.864. The van der Waals surface area contributed by atoms with Crippen LogP contribution in [0.4, 0.5) is 18.9 Å². The average Bonchev–Trinajstić information content (AvgIpc) is 2.77. The second-order valence-corrected chi connectivity index (χ2v) is 6.62. The summed E-state index contributed by atoms with van der Waals surface area (Å²) in [4.78, 5) is 24.3. The Kier molecular flexibility index (Phi) is 5.31. The molecule has 1 heterocycles. The second kappa shape index (κ2) is 7.53. The number of nitrogens with one attached hydrogen (secondary N) is 1. The van der Waals surface area contributed by atoms with Crippen LogP contribution in [0.1, 0.15) is 36.0 Å². The highest BCUT2D eigenvalue weighted by molar-refractivity contribution is 5.97. The molecule has 0 aromatic heterocycles. The Labute approximate surface area is 160 Å². The molecule has 3 rings (SSSR count). The van der Waals surface area contributed by atoms with Crippen molar-refractivity contribution in [1.82, 2.24) is 5.43 Å². The molecule has 2 aromatic carbocycles. The third-order valence-electron chi connectivity index (χ3n) is 4.64. The molecule has 1 aliphatic heterocycles. The van der Waals surface area contributed by atoms with Crippen LogP contribution < -0.4 is 15.2 Å². The lowest BCUT2D eigenvalue weighted by atomic mass is 9.89. The zero-order chi connectivity index (χ0) is 20.5. The summed E-state index contributed by atoms with van der Waals surface area (Å²) in [6.45, 7) is 1.24. The van der Waals surface area contributed by atoms with Gasteiger partial charge in [0.1, 0.15) is 5.75 Å². The number of hydrazine groups is 1. The Balaban J connectivity index is 2.05. The van der Waals surface area contributed by atoms with Gasteiger partial charge < -0.3 is 4.74 Å². The number of carbonyl (C=O) groups excluding carboxylic acids is 2. The Morgan fingerprint density at radius 2 is 1.82 bits per heavy atom. The van der Waals surface area contributed by atoms with Crippen LogP contribution in [0.25, 0.3) is 0 Å². The highest BCUT2D eigenvalue weighted by Gasteiger charge is 2.34. The molecular formula is C20H19F3N2O3. The Morgan fingerprint density at radius 3 is 2.39 bits per heavy atom. The van der Waals surface area contributed by atoms with Crippen molar-refractivity contribution in [3.05, 3.63) is 59.2 Å². The molecule has 0 radical (unpaired) electrons. The van der Waals surface area contributed by atoms with E-state index in [-0.39, 0.29) is 24.4 Å². The third-order valence-corrected chi connectivity index (χ3v) is 4.64. The predicted molar refractivity (Wildman–Crippen MR) is 96.8 cm³/mol. The number of hydrogen-bond acceptors (Lipinski definition) is 3. The summed E-state index contributed by atoms with van der Waals surface area (Å²) in [5.41, 5.74) is 3.03. The summed E-state index contributed by atoms with van der Waals surface area (Å²) >= 11 is 0. The summed E-state index contributed by atoms with van der Waals surface area (Å²) in [6.07, 6.45) is -4.23. The van der Waals surface area contributed by atoms with Crippen LogP contribution in [-0.2, 0) is 22.2 Å². The van der Waals surface area contributed by atoms with Crippen molar-refractivity contribution in [3.63, 3.8) is 0 Å². The number of fused-ring (bicyclic) bond motifs is 1. The number of anilines is 1. The van der Waals surface area contributed by atoms with E-state index in [0.29, 0.717) is 11.3 Å². The topological polar surface area (TPSA) is 58.6 Å². The number of alkyl halides is 3. The van der Waals surface area contributed by atoms with E-state index < -0.39 is 23.6 Å². The summed E-state index contributed by atoms with van der Waals surface area (Å²) in [5, 5.41) is 1.04. The van der Waals surface area contributed by atoms with Gasteiger partial charge in [0.25, 0.3) is 0 Å². The number of carbonyl (C=O) groups is 2. The summed E-state index contributed by atoms with van der Waals surface area (Å²) < 4.78 is 44.7. The number of methoxy groups -OCH3 is 1. The van der Waals surface area contributed by atoms with E-state index in [1.54, 1.807) is 24.3 Å². The molecular weight excluding hydrogens is 373 g/mol. The molecule has 0 saturated heterocycles. The van der Waals surface area contributed by atoms with E-state index in [9.17, 15) is 22.8 Å². The molecule has 28 heavy (non-hydrogen) atoms. The zero-order valence-corrected chi connectivity index (χ0v) is 15.3. The largest absolute Gasteiger partial charge is 0.497 e. The van der Waals surface area contributed by atoms with Crippen molar-refractivity contribution in [2.24, 2.45) is 0 Å². The van der Waals surface area contributed by atoms with E-state index in [1.807, 2.05) is 0 Å². The minimum absolute atomic E-state index is 0.0443. The molecule has 1 N–H and O–H groups in total. The van der Waals surface area contributed by atoms with Gasteiger partial charge in [0.05, 0.1) is 18.4 Å². The Morgan fingerprint density at radius 1 is 1.14 bits per heavy atom. The van der Waals surface area contributed by atoms with Gasteiger partial charge in [0, 0.05) is 13.3 Å². The fourth-order valence-electron chi connectivity index (χ4n) is 3.31. The minimum Gasteiger partial charge on any atom is -0.497 e. The van der Waals surface area contributed by atoms with Crippen LogP contribution in [0.3, 0.4) is 0 Å². The van der Waals surface area contributed by atoms with Crippen LogP contribution in [0.5, 0.6) is 5.75 Å². The van der Waals surface area contributed by atoms with Crippen molar-refractivity contribution in [3.8, 4) is 5.75 Å². The van der Waals surface area contributed by atoms with Crippen molar-refractivity contribution < 1.29 is 27.5 Å². The third kappa shape index (κ3) is 4.11. The lowest BCUT2D eigenvalue weighted by Gasteiger charge is -2.23. The lowest BCUT2D eigenvalue weighted by Crippen LogP contribution is -2.45. The highest BCUT2D eigenvalue weighted by atomic mass is 19.4. The predicted octanol–water partition coefficient (Wildman–Crippen LogP) is 3.83. The van der Waals surface area contributed by atoms with Crippen molar-refractivity contribution in [2.75, 3.05) is 12.1 Å². The molecule has 0 spiro atoms. The van der Waals surface area contributed by atoms with Gasteiger partial charge >= 0.3 is 6.18 Å². The molecule has 0 saturated carbocycles. The van der Waals surface area contributed by atoms with Crippen LogP contribution in [-0.4, -0.2) is 18.9 Å². The lowest BCUT2D eigenvalue weighted by molar-refractivity contribution is -0.137. The van der Waals surface area contributed by atoms with Crippen LogP contribution in [0, 0.1) is 0 Å². The SMILES string of the molecule is COc1ccc(C2CC(=O)N(NC(C)=O)c3ccc(C(F)(F)F)cc3C2)cc1. The number of benzene rings is 2. The van der Waals surface area contributed by atoms with Gasteiger partial charge in [-0.2, -0.15) is 13.2 Å². The van der Waals surface area contributed by atoms with Crippen LogP contribution >= 0.6 is 0 Å². The van der Waals surface area contributed by atoms with Gasteiger partial charge in [-0.3, -0.25) is 15.0 Å². The molecule has 2 aromatic rings. The van der Waals surface area contributed by atoms with Gasteiger partial charge in [-0.15, -0.1) is 0 Å². The maximum absolute atomic E-state index is 13.2. The second-order valence-electron chi connectivity index (χ2n) is 6.62. The number of amides is 2. The van der Waals surface area contributed by atoms with Gasteiger partial charge in [-0.05, 0) is 53.8 Å². The molecule has 2 amide bonds. The first-order valence-electron chi connectivity index (χ1n) is 8.63. The molecule has 1 unspecified atom stereocenters. The molecule has 1 aliphatic rings. The summed E-state index contributed by atoms with van der Waals surface area (Å²) in [7, 11) is 1.53. The molecule has 0 bridgehead atoms. The number of nitrogens with zero attached hydrogens (tertiary/aromatic N) is 1. The first-order valence-corrected chi connectivity index (χ1v) is 8.63. The fourth-order valence-corrected chi connectivity index (χ4v) is 3.31. The van der Waals surface area contributed by atoms with E-state index in [0.717, 1.165) is 22.7 Å². The van der Waals surface area contributed by atoms with Gasteiger partial charge in [0.2, 0.25) is 11.8 Å². The molecule has 5 nitrogen and oxygen atoms in total. The van der Waals surface area contributed by atoms with Crippen LogP contribution in [0.15, 0.2) is 42.5 Å². The van der Waals surface area contributed by atoms with Crippen molar-refractivity contribution >= 4 is 17.5 Å². The van der Waals surface area contributed by atoms with Gasteiger partial charge in [-0.1, -0.05) is 12.1 Å².